The number of ether oxygens (including phenoxy) is 3. The number of esters is 1. The first kappa shape index (κ1) is 17.2. The highest BCUT2D eigenvalue weighted by Gasteiger charge is 2.25. The second kappa shape index (κ2) is 7.09. The van der Waals surface area contributed by atoms with E-state index in [4.69, 9.17) is 14.2 Å². The van der Waals surface area contributed by atoms with Gasteiger partial charge in [0.1, 0.15) is 5.56 Å². The third-order valence-corrected chi connectivity index (χ3v) is 3.61. The van der Waals surface area contributed by atoms with Crippen LogP contribution in [0.5, 0.6) is 11.5 Å². The minimum atomic E-state index is -1.16. The lowest BCUT2D eigenvalue weighted by Gasteiger charge is -2.14. The van der Waals surface area contributed by atoms with Crippen LogP contribution in [0.2, 0.25) is 0 Å². The predicted molar refractivity (Wildman–Crippen MR) is 89.2 cm³/mol. The van der Waals surface area contributed by atoms with Gasteiger partial charge in [-0.05, 0) is 25.1 Å². The quantitative estimate of drug-likeness (QED) is 0.496. The van der Waals surface area contributed by atoms with Crippen LogP contribution in [-0.2, 0) is 9.53 Å². The fraction of sp³-hybridized carbons (Fsp3) is 0.176. The second-order valence-corrected chi connectivity index (χ2v) is 5.38. The monoisotopic (exact) mass is 358 g/mol. The molecule has 134 valence electrons. The van der Waals surface area contributed by atoms with Crippen LogP contribution in [-0.4, -0.2) is 29.7 Å². The first-order chi connectivity index (χ1) is 12.5. The molecule has 3 rings (SSSR count). The minimum absolute atomic E-state index is 0.108. The molecule has 1 amide bonds. The molecule has 9 nitrogen and oxygen atoms in total. The summed E-state index contributed by atoms with van der Waals surface area (Å²) in [6.45, 7) is 1.48. The van der Waals surface area contributed by atoms with Crippen molar-refractivity contribution in [1.29, 1.82) is 0 Å². The van der Waals surface area contributed by atoms with Crippen LogP contribution in [0.25, 0.3) is 0 Å². The maximum absolute atomic E-state index is 12.2. The van der Waals surface area contributed by atoms with Gasteiger partial charge in [-0.3, -0.25) is 14.9 Å². The Labute approximate surface area is 147 Å². The number of carbonyl (C=O) groups excluding carboxylic acids is 2. The number of hydrogen-bond acceptors (Lipinski definition) is 7. The third kappa shape index (κ3) is 3.56. The number of nitrogens with zero attached hydrogens (tertiary/aromatic N) is 1. The molecule has 1 unspecified atom stereocenters. The summed E-state index contributed by atoms with van der Waals surface area (Å²) in [6, 6.07) is 10.2. The van der Waals surface area contributed by atoms with E-state index < -0.39 is 22.9 Å². The Morgan fingerprint density at radius 2 is 1.92 bits per heavy atom. The highest BCUT2D eigenvalue weighted by atomic mass is 16.7. The smallest absolute Gasteiger partial charge is 0.345 e. The summed E-state index contributed by atoms with van der Waals surface area (Å²) in [7, 11) is 0. The van der Waals surface area contributed by atoms with Crippen LogP contribution >= 0.6 is 0 Å². The van der Waals surface area contributed by atoms with Crippen molar-refractivity contribution in [2.24, 2.45) is 0 Å². The van der Waals surface area contributed by atoms with Gasteiger partial charge in [-0.25, -0.2) is 4.79 Å². The van der Waals surface area contributed by atoms with Gasteiger partial charge < -0.3 is 19.5 Å². The number of nitro groups is 1. The molecule has 1 aliphatic rings. The zero-order valence-electron chi connectivity index (χ0n) is 13.6. The van der Waals surface area contributed by atoms with Crippen molar-refractivity contribution >= 4 is 23.3 Å². The Balaban J connectivity index is 1.66. The van der Waals surface area contributed by atoms with Gasteiger partial charge in [0.05, 0.1) is 4.92 Å². The summed E-state index contributed by atoms with van der Waals surface area (Å²) < 4.78 is 15.4. The van der Waals surface area contributed by atoms with Crippen molar-refractivity contribution in [3.63, 3.8) is 0 Å². The zero-order chi connectivity index (χ0) is 18.7. The maximum Gasteiger partial charge on any atom is 0.345 e. The van der Waals surface area contributed by atoms with Crippen molar-refractivity contribution in [1.82, 2.24) is 0 Å². The fourth-order valence-electron chi connectivity index (χ4n) is 2.30. The highest BCUT2D eigenvalue weighted by Crippen LogP contribution is 2.34. The van der Waals surface area contributed by atoms with E-state index in [-0.39, 0.29) is 18.0 Å². The molecule has 2 aromatic rings. The summed E-state index contributed by atoms with van der Waals surface area (Å²) in [5.74, 6) is -0.479. The molecule has 26 heavy (non-hydrogen) atoms. The molecular formula is C17H14N2O7. The van der Waals surface area contributed by atoms with Gasteiger partial charge in [0.2, 0.25) is 6.79 Å². The van der Waals surface area contributed by atoms with Crippen molar-refractivity contribution in [2.75, 3.05) is 12.1 Å². The molecule has 0 fully saturated rings. The lowest BCUT2D eigenvalue weighted by Crippen LogP contribution is -2.30. The molecule has 0 aromatic heterocycles. The number of hydrogen-bond donors (Lipinski definition) is 1. The van der Waals surface area contributed by atoms with E-state index >= 15 is 0 Å². The number of anilines is 1. The van der Waals surface area contributed by atoms with Gasteiger partial charge in [0.25, 0.3) is 11.6 Å². The van der Waals surface area contributed by atoms with Gasteiger partial charge in [0, 0.05) is 17.8 Å². The Kier molecular flexibility index (Phi) is 4.70. The minimum Gasteiger partial charge on any atom is -0.454 e. The van der Waals surface area contributed by atoms with Crippen molar-refractivity contribution in [3.8, 4) is 11.5 Å². The van der Waals surface area contributed by atoms with Crippen LogP contribution < -0.4 is 14.8 Å². The second-order valence-electron chi connectivity index (χ2n) is 5.38. The van der Waals surface area contributed by atoms with Crippen molar-refractivity contribution < 1.29 is 28.7 Å². The Hall–Kier alpha value is -3.62. The molecule has 0 saturated heterocycles. The Morgan fingerprint density at radius 1 is 1.19 bits per heavy atom. The molecule has 0 spiro atoms. The normalized spacial score (nSPS) is 13.0. The number of nitro benzene ring substituents is 1. The number of para-hydroxylation sites is 1. The number of amides is 1. The summed E-state index contributed by atoms with van der Waals surface area (Å²) in [5, 5.41) is 13.6. The fourth-order valence-corrected chi connectivity index (χ4v) is 2.30. The highest BCUT2D eigenvalue weighted by molar-refractivity contribution is 5.99. The third-order valence-electron chi connectivity index (χ3n) is 3.61. The Morgan fingerprint density at radius 3 is 2.69 bits per heavy atom. The van der Waals surface area contributed by atoms with Crippen LogP contribution in [0, 0.1) is 10.1 Å². The van der Waals surface area contributed by atoms with Gasteiger partial charge in [0.15, 0.2) is 17.6 Å². The molecule has 9 heteroatoms. The number of carbonyl (C=O) groups is 2. The number of rotatable bonds is 5. The van der Waals surface area contributed by atoms with E-state index in [1.54, 1.807) is 18.2 Å². The SMILES string of the molecule is CC(OC(=O)c1ccccc1[N+](=O)[O-])C(=O)Nc1ccc2c(c1)OCO2. The van der Waals surface area contributed by atoms with Crippen LogP contribution in [0.4, 0.5) is 11.4 Å². The molecule has 0 saturated carbocycles. The molecule has 2 aromatic carbocycles. The van der Waals surface area contributed by atoms with E-state index in [0.29, 0.717) is 17.2 Å². The van der Waals surface area contributed by atoms with Gasteiger partial charge in [-0.15, -0.1) is 0 Å². The first-order valence-corrected chi connectivity index (χ1v) is 7.60. The predicted octanol–water partition coefficient (Wildman–Crippen LogP) is 2.51. The zero-order valence-corrected chi connectivity index (χ0v) is 13.6. The molecular weight excluding hydrogens is 344 g/mol. The van der Waals surface area contributed by atoms with E-state index in [9.17, 15) is 19.7 Å². The van der Waals surface area contributed by atoms with E-state index in [1.807, 2.05) is 0 Å². The summed E-state index contributed by atoms with van der Waals surface area (Å²) in [5.41, 5.74) is -0.172. The average molecular weight is 358 g/mol. The van der Waals surface area contributed by atoms with Crippen LogP contribution in [0.3, 0.4) is 0 Å². The molecule has 0 bridgehead atoms. The van der Waals surface area contributed by atoms with E-state index in [2.05, 4.69) is 5.32 Å². The first-order valence-electron chi connectivity index (χ1n) is 7.60. The van der Waals surface area contributed by atoms with Crippen molar-refractivity contribution in [2.45, 2.75) is 13.0 Å². The van der Waals surface area contributed by atoms with Crippen LogP contribution in [0.1, 0.15) is 17.3 Å². The number of benzene rings is 2. The number of fused-ring (bicyclic) bond motifs is 1. The molecule has 1 aliphatic heterocycles. The van der Waals surface area contributed by atoms with Crippen LogP contribution in [0.15, 0.2) is 42.5 Å². The Bertz CT molecular complexity index is 881. The van der Waals surface area contributed by atoms with Gasteiger partial charge in [-0.2, -0.15) is 0 Å². The lowest BCUT2D eigenvalue weighted by atomic mass is 10.2. The molecule has 1 heterocycles. The largest absolute Gasteiger partial charge is 0.454 e. The lowest BCUT2D eigenvalue weighted by molar-refractivity contribution is -0.385. The maximum atomic E-state index is 12.2. The average Bonchev–Trinajstić information content (AvgIpc) is 3.09. The molecule has 0 radical (unpaired) electrons. The summed E-state index contributed by atoms with van der Waals surface area (Å²) in [6.07, 6.45) is -1.16. The molecule has 0 aliphatic carbocycles. The standard InChI is InChI=1S/C17H14N2O7/c1-10(26-17(21)12-4-2-3-5-13(12)19(22)23)16(20)18-11-6-7-14-15(8-11)25-9-24-14/h2-8,10H,9H2,1H3,(H,18,20). The summed E-state index contributed by atoms with van der Waals surface area (Å²) in [4.78, 5) is 34.6. The number of nitrogens with one attached hydrogen (secondary N) is 1. The summed E-state index contributed by atoms with van der Waals surface area (Å²) >= 11 is 0. The van der Waals surface area contributed by atoms with Gasteiger partial charge in [-0.1, -0.05) is 12.1 Å². The molecule has 1 atom stereocenters. The van der Waals surface area contributed by atoms with E-state index in [1.165, 1.54) is 31.2 Å². The van der Waals surface area contributed by atoms with Crippen molar-refractivity contribution in [3.05, 3.63) is 58.1 Å². The topological polar surface area (TPSA) is 117 Å². The van der Waals surface area contributed by atoms with E-state index in [0.717, 1.165) is 0 Å². The van der Waals surface area contributed by atoms with Gasteiger partial charge >= 0.3 is 5.97 Å². The molecule has 1 N–H and O–H groups in total.